The number of aryl methyl sites for hydroxylation is 1. The molecule has 2 aromatic heterocycles. The Hall–Kier alpha value is -1.83. The lowest BCUT2D eigenvalue weighted by atomic mass is 10.0. The molecule has 3 N–H and O–H groups in total. The first kappa shape index (κ1) is 19.5. The third kappa shape index (κ3) is 4.62. The van der Waals surface area contributed by atoms with Gasteiger partial charge in [-0.1, -0.05) is 0 Å². The summed E-state index contributed by atoms with van der Waals surface area (Å²) in [6.07, 6.45) is 2.96. The first-order valence-corrected chi connectivity index (χ1v) is 8.82. The summed E-state index contributed by atoms with van der Waals surface area (Å²) >= 11 is 1.49. The largest absolute Gasteiger partial charge is 0.467 e. The molecular weight excluding hydrogens is 362 g/mol. The van der Waals surface area contributed by atoms with Crippen LogP contribution in [0.4, 0.5) is 0 Å². The Bertz CT molecular complexity index is 735. The van der Waals surface area contributed by atoms with Gasteiger partial charge in [0, 0.05) is 24.0 Å². The van der Waals surface area contributed by atoms with Crippen LogP contribution >= 0.6 is 23.7 Å². The molecule has 3 heterocycles. The third-order valence-electron chi connectivity index (χ3n) is 4.18. The number of rotatable bonds is 4. The van der Waals surface area contributed by atoms with Crippen molar-refractivity contribution in [2.75, 3.05) is 13.1 Å². The first-order chi connectivity index (χ1) is 11.6. The zero-order chi connectivity index (χ0) is 17.1. The monoisotopic (exact) mass is 383 g/mol. The van der Waals surface area contributed by atoms with Crippen LogP contribution in [0.2, 0.25) is 0 Å². The van der Waals surface area contributed by atoms with E-state index in [0.717, 1.165) is 22.6 Å². The van der Waals surface area contributed by atoms with Gasteiger partial charge in [0.2, 0.25) is 0 Å². The minimum Gasteiger partial charge on any atom is -0.467 e. The average molecular weight is 384 g/mol. The fraction of sp³-hybridized carbons (Fsp3) is 0.412. The highest BCUT2D eigenvalue weighted by molar-refractivity contribution is 7.13. The maximum atomic E-state index is 12.4. The molecule has 25 heavy (non-hydrogen) atoms. The van der Waals surface area contributed by atoms with Gasteiger partial charge < -0.3 is 20.4 Å². The molecule has 1 aliphatic rings. The Kier molecular flexibility index (Phi) is 6.64. The number of halogens is 1. The molecule has 6 nitrogen and oxygen atoms in total. The Balaban J connectivity index is 0.00000225. The summed E-state index contributed by atoms with van der Waals surface area (Å²) in [6, 6.07) is 5.59. The quantitative estimate of drug-likeness (QED) is 0.849. The zero-order valence-corrected chi connectivity index (χ0v) is 15.6. The highest BCUT2D eigenvalue weighted by Gasteiger charge is 2.26. The molecule has 0 saturated carbocycles. The number of carbonyl (C=O) groups is 2. The number of hydrogen-bond acceptors (Lipinski definition) is 5. The van der Waals surface area contributed by atoms with Gasteiger partial charge in [-0.15, -0.1) is 23.7 Å². The molecule has 1 aliphatic heterocycles. The maximum Gasteiger partial charge on any atom is 0.261 e. The van der Waals surface area contributed by atoms with Gasteiger partial charge in [-0.2, -0.15) is 0 Å². The minimum absolute atomic E-state index is 0. The van der Waals surface area contributed by atoms with E-state index in [1.54, 1.807) is 11.0 Å². The minimum atomic E-state index is -0.0443. The van der Waals surface area contributed by atoms with Crippen molar-refractivity contribution >= 4 is 35.6 Å². The van der Waals surface area contributed by atoms with Crippen LogP contribution in [-0.2, 0) is 6.54 Å². The Morgan fingerprint density at radius 3 is 2.64 bits per heavy atom. The molecule has 2 amide bonds. The third-order valence-corrected chi connectivity index (χ3v) is 5.18. The predicted molar refractivity (Wildman–Crippen MR) is 99.3 cm³/mol. The predicted octanol–water partition coefficient (Wildman–Crippen LogP) is 2.56. The molecule has 0 bridgehead atoms. The van der Waals surface area contributed by atoms with Gasteiger partial charge in [0.15, 0.2) is 0 Å². The van der Waals surface area contributed by atoms with E-state index in [9.17, 15) is 9.59 Å². The number of nitrogens with two attached hydrogens (primary N) is 1. The summed E-state index contributed by atoms with van der Waals surface area (Å²) in [5.74, 6) is 0.532. The van der Waals surface area contributed by atoms with E-state index >= 15 is 0 Å². The van der Waals surface area contributed by atoms with Crippen LogP contribution in [0.1, 0.15) is 43.5 Å². The van der Waals surface area contributed by atoms with Gasteiger partial charge >= 0.3 is 0 Å². The van der Waals surface area contributed by atoms with Crippen LogP contribution in [0.5, 0.6) is 0 Å². The SMILES string of the molecule is Cc1ccc(C(=O)NC2CCN(C(=O)c3coc(CN)c3)CC2)s1.Cl. The number of hydrogen-bond donors (Lipinski definition) is 2. The van der Waals surface area contributed by atoms with Crippen LogP contribution in [-0.4, -0.2) is 35.8 Å². The van der Waals surface area contributed by atoms with Gasteiger partial charge in [0.1, 0.15) is 12.0 Å². The lowest BCUT2D eigenvalue weighted by molar-refractivity contribution is 0.0697. The maximum absolute atomic E-state index is 12.4. The van der Waals surface area contributed by atoms with E-state index in [2.05, 4.69) is 5.32 Å². The molecule has 1 fully saturated rings. The molecule has 0 atom stereocenters. The van der Waals surface area contributed by atoms with Crippen molar-refractivity contribution in [1.29, 1.82) is 0 Å². The van der Waals surface area contributed by atoms with Crippen molar-refractivity contribution in [3.63, 3.8) is 0 Å². The van der Waals surface area contributed by atoms with Crippen molar-refractivity contribution in [2.24, 2.45) is 5.73 Å². The first-order valence-electron chi connectivity index (χ1n) is 8.01. The Morgan fingerprint density at radius 2 is 2.08 bits per heavy atom. The van der Waals surface area contributed by atoms with Gasteiger partial charge in [0.25, 0.3) is 11.8 Å². The molecule has 0 radical (unpaired) electrons. The summed E-state index contributed by atoms with van der Waals surface area (Å²) in [7, 11) is 0. The topological polar surface area (TPSA) is 88.6 Å². The molecule has 0 aromatic carbocycles. The van der Waals surface area contributed by atoms with Crippen molar-refractivity contribution in [2.45, 2.75) is 32.4 Å². The van der Waals surface area contributed by atoms with Crippen LogP contribution in [0, 0.1) is 6.92 Å². The second kappa shape index (κ2) is 8.51. The van der Waals surface area contributed by atoms with Crippen LogP contribution in [0.3, 0.4) is 0 Å². The molecule has 136 valence electrons. The number of thiophene rings is 1. The number of furan rings is 1. The summed E-state index contributed by atoms with van der Waals surface area (Å²) in [4.78, 5) is 28.3. The molecule has 8 heteroatoms. The van der Waals surface area contributed by atoms with Crippen LogP contribution < -0.4 is 11.1 Å². The van der Waals surface area contributed by atoms with Crippen molar-refractivity contribution in [3.05, 3.63) is 45.5 Å². The van der Waals surface area contributed by atoms with Gasteiger partial charge in [0.05, 0.1) is 17.0 Å². The normalized spacial score (nSPS) is 14.9. The molecular formula is C17H22ClN3O3S. The molecule has 0 spiro atoms. The summed E-state index contributed by atoms with van der Waals surface area (Å²) in [5.41, 5.74) is 6.03. The molecule has 3 rings (SSSR count). The molecule has 1 saturated heterocycles. The van der Waals surface area contributed by atoms with E-state index in [-0.39, 0.29) is 36.8 Å². The fourth-order valence-corrected chi connectivity index (χ4v) is 3.59. The molecule has 2 aromatic rings. The number of nitrogens with one attached hydrogen (secondary N) is 1. The van der Waals surface area contributed by atoms with Gasteiger partial charge in [-0.25, -0.2) is 0 Å². The Morgan fingerprint density at radius 1 is 1.36 bits per heavy atom. The highest BCUT2D eigenvalue weighted by Crippen LogP contribution is 2.18. The summed E-state index contributed by atoms with van der Waals surface area (Å²) in [6.45, 7) is 3.51. The fourth-order valence-electron chi connectivity index (χ4n) is 2.82. The standard InChI is InChI=1S/C17H21N3O3S.ClH/c1-11-2-3-15(24-11)16(21)19-13-4-6-20(7-5-13)17(22)12-8-14(9-18)23-10-12;/h2-3,8,10,13H,4-7,9,18H2,1H3,(H,19,21);1H. The van der Waals surface area contributed by atoms with E-state index in [1.807, 2.05) is 19.1 Å². The summed E-state index contributed by atoms with van der Waals surface area (Å²) < 4.78 is 5.22. The highest BCUT2D eigenvalue weighted by atomic mass is 35.5. The van der Waals surface area contributed by atoms with Crippen molar-refractivity contribution in [3.8, 4) is 0 Å². The second-order valence-electron chi connectivity index (χ2n) is 5.96. The van der Waals surface area contributed by atoms with E-state index in [0.29, 0.717) is 24.4 Å². The van der Waals surface area contributed by atoms with Gasteiger partial charge in [-0.3, -0.25) is 9.59 Å². The lowest BCUT2D eigenvalue weighted by Crippen LogP contribution is -2.46. The van der Waals surface area contributed by atoms with E-state index in [1.165, 1.54) is 17.6 Å². The number of nitrogens with zero attached hydrogens (tertiary/aromatic N) is 1. The second-order valence-corrected chi connectivity index (χ2v) is 7.24. The van der Waals surface area contributed by atoms with Gasteiger partial charge in [-0.05, 0) is 38.0 Å². The average Bonchev–Trinajstić information content (AvgIpc) is 3.23. The number of likely N-dealkylation sites (tertiary alicyclic amines) is 1. The van der Waals surface area contributed by atoms with Crippen LogP contribution in [0.25, 0.3) is 0 Å². The smallest absolute Gasteiger partial charge is 0.261 e. The van der Waals surface area contributed by atoms with Crippen LogP contribution in [0.15, 0.2) is 28.9 Å². The number of carbonyl (C=O) groups excluding carboxylic acids is 2. The Labute approximate surface area is 156 Å². The lowest BCUT2D eigenvalue weighted by Gasteiger charge is -2.32. The van der Waals surface area contributed by atoms with E-state index < -0.39 is 0 Å². The molecule has 0 unspecified atom stereocenters. The number of amides is 2. The number of piperidine rings is 1. The van der Waals surface area contributed by atoms with E-state index in [4.69, 9.17) is 10.2 Å². The zero-order valence-electron chi connectivity index (χ0n) is 14.0. The van der Waals surface area contributed by atoms with Crippen molar-refractivity contribution in [1.82, 2.24) is 10.2 Å². The molecule has 0 aliphatic carbocycles. The summed E-state index contributed by atoms with van der Waals surface area (Å²) in [5, 5.41) is 3.06. The van der Waals surface area contributed by atoms with Crippen molar-refractivity contribution < 1.29 is 14.0 Å².